The second-order valence-corrected chi connectivity index (χ2v) is 5.72. The van der Waals surface area contributed by atoms with Gasteiger partial charge in [0.05, 0.1) is 4.88 Å². The lowest BCUT2D eigenvalue weighted by Crippen LogP contribution is -1.94. The van der Waals surface area contributed by atoms with Crippen LogP contribution in [0.2, 0.25) is 0 Å². The van der Waals surface area contributed by atoms with Crippen LogP contribution in [0.4, 0.5) is 5.82 Å². The number of aryl methyl sites for hydroxylation is 1. The quantitative estimate of drug-likeness (QED) is 0.744. The lowest BCUT2D eigenvalue weighted by molar-refractivity contribution is 1.16. The number of aromatic nitrogens is 2. The molecule has 0 aliphatic heterocycles. The van der Waals surface area contributed by atoms with Gasteiger partial charge in [-0.1, -0.05) is 6.07 Å². The van der Waals surface area contributed by atoms with Gasteiger partial charge in [0.1, 0.15) is 17.2 Å². The van der Waals surface area contributed by atoms with Crippen molar-refractivity contribution in [3.63, 3.8) is 0 Å². The average Bonchev–Trinajstić information content (AvgIpc) is 2.87. The van der Waals surface area contributed by atoms with Crippen LogP contribution in [0, 0.1) is 6.92 Å². The van der Waals surface area contributed by atoms with Gasteiger partial charge in [-0.2, -0.15) is 0 Å². The summed E-state index contributed by atoms with van der Waals surface area (Å²) in [6.07, 6.45) is 1.95. The fourth-order valence-electron chi connectivity index (χ4n) is 1.88. The number of nitrogen functional groups attached to an aromatic ring is 1. The number of pyridine rings is 1. The van der Waals surface area contributed by atoms with Crippen LogP contribution in [-0.4, -0.2) is 9.38 Å². The first-order chi connectivity index (χ1) is 8.16. The summed E-state index contributed by atoms with van der Waals surface area (Å²) >= 11 is 5.12. The summed E-state index contributed by atoms with van der Waals surface area (Å²) < 4.78 is 2.93. The van der Waals surface area contributed by atoms with Gasteiger partial charge in [-0.25, -0.2) is 4.98 Å². The van der Waals surface area contributed by atoms with E-state index in [1.54, 1.807) is 11.3 Å². The maximum Gasteiger partial charge on any atom is 0.142 e. The Labute approximate surface area is 111 Å². The molecule has 0 fully saturated rings. The van der Waals surface area contributed by atoms with E-state index in [1.165, 1.54) is 0 Å². The molecule has 3 rings (SSSR count). The van der Waals surface area contributed by atoms with Gasteiger partial charge in [-0.05, 0) is 45.9 Å². The van der Waals surface area contributed by atoms with E-state index < -0.39 is 0 Å². The predicted octanol–water partition coefficient (Wildman–Crippen LogP) is 3.72. The second kappa shape index (κ2) is 3.85. The highest BCUT2D eigenvalue weighted by molar-refractivity contribution is 9.10. The molecule has 0 saturated carbocycles. The third kappa shape index (κ3) is 1.66. The molecular formula is C12H10BrN3S. The van der Waals surface area contributed by atoms with Crippen LogP contribution < -0.4 is 5.73 Å². The van der Waals surface area contributed by atoms with Crippen molar-refractivity contribution < 1.29 is 0 Å². The van der Waals surface area contributed by atoms with Crippen LogP contribution in [0.5, 0.6) is 0 Å². The Kier molecular flexibility index (Phi) is 2.45. The Morgan fingerprint density at radius 2 is 2.29 bits per heavy atom. The Bertz CT molecular complexity index is 685. The number of halogens is 1. The zero-order valence-corrected chi connectivity index (χ0v) is 11.5. The molecule has 0 amide bonds. The maximum absolute atomic E-state index is 6.15. The van der Waals surface area contributed by atoms with Crippen LogP contribution in [0.3, 0.4) is 0 Å². The summed E-state index contributed by atoms with van der Waals surface area (Å²) in [5.74, 6) is 0.687. The van der Waals surface area contributed by atoms with Crippen LogP contribution in [0.15, 0.2) is 34.2 Å². The molecular weight excluding hydrogens is 298 g/mol. The van der Waals surface area contributed by atoms with Gasteiger partial charge in [0, 0.05) is 10.7 Å². The van der Waals surface area contributed by atoms with Crippen LogP contribution in [0.25, 0.3) is 16.2 Å². The van der Waals surface area contributed by atoms with Gasteiger partial charge in [0.25, 0.3) is 0 Å². The fourth-order valence-corrected chi connectivity index (χ4v) is 3.15. The summed E-state index contributed by atoms with van der Waals surface area (Å²) in [5.41, 5.74) is 9.03. The van der Waals surface area contributed by atoms with Crippen LogP contribution in [0.1, 0.15) is 5.56 Å². The fraction of sp³-hybridized carbons (Fsp3) is 0.0833. The molecule has 17 heavy (non-hydrogen) atoms. The molecule has 0 aliphatic rings. The normalized spacial score (nSPS) is 11.2. The average molecular weight is 308 g/mol. The number of fused-ring (bicyclic) bond motifs is 1. The molecule has 0 aliphatic carbocycles. The van der Waals surface area contributed by atoms with Gasteiger partial charge in [-0.3, -0.25) is 4.40 Å². The number of imidazole rings is 1. The summed E-state index contributed by atoms with van der Waals surface area (Å²) in [6, 6.07) is 6.08. The largest absolute Gasteiger partial charge is 0.383 e. The lowest BCUT2D eigenvalue weighted by atomic mass is 10.3. The third-order valence-electron chi connectivity index (χ3n) is 2.66. The molecule has 3 nitrogen and oxygen atoms in total. The minimum absolute atomic E-state index is 0.687. The first kappa shape index (κ1) is 10.8. The van der Waals surface area contributed by atoms with Gasteiger partial charge in [0.15, 0.2) is 0 Å². The summed E-state index contributed by atoms with van der Waals surface area (Å²) in [6.45, 7) is 2.03. The minimum Gasteiger partial charge on any atom is -0.383 e. The molecule has 0 unspecified atom stereocenters. The highest BCUT2D eigenvalue weighted by Crippen LogP contribution is 2.31. The molecule has 0 saturated heterocycles. The van der Waals surface area contributed by atoms with Gasteiger partial charge < -0.3 is 5.73 Å². The molecule has 2 N–H and O–H groups in total. The molecule has 0 radical (unpaired) electrons. The molecule has 0 bridgehead atoms. The van der Waals surface area contributed by atoms with E-state index >= 15 is 0 Å². The minimum atomic E-state index is 0.687. The first-order valence-corrected chi connectivity index (χ1v) is 6.81. The van der Waals surface area contributed by atoms with Crippen molar-refractivity contribution in [1.29, 1.82) is 0 Å². The van der Waals surface area contributed by atoms with E-state index in [2.05, 4.69) is 20.9 Å². The molecule has 0 atom stereocenters. The highest BCUT2D eigenvalue weighted by atomic mass is 79.9. The van der Waals surface area contributed by atoms with Crippen molar-refractivity contribution in [2.24, 2.45) is 0 Å². The van der Waals surface area contributed by atoms with Gasteiger partial charge >= 0.3 is 0 Å². The molecule has 3 aromatic rings. The number of hydrogen-bond donors (Lipinski definition) is 1. The first-order valence-electron chi connectivity index (χ1n) is 5.14. The zero-order valence-electron chi connectivity index (χ0n) is 9.14. The highest BCUT2D eigenvalue weighted by Gasteiger charge is 2.13. The van der Waals surface area contributed by atoms with Gasteiger partial charge in [-0.15, -0.1) is 11.3 Å². The molecule has 3 aromatic heterocycles. The van der Waals surface area contributed by atoms with Crippen LogP contribution >= 0.6 is 27.3 Å². The van der Waals surface area contributed by atoms with Crippen molar-refractivity contribution in [2.75, 3.05) is 5.73 Å². The zero-order chi connectivity index (χ0) is 12.0. The van der Waals surface area contributed by atoms with Crippen molar-refractivity contribution in [2.45, 2.75) is 6.92 Å². The lowest BCUT2D eigenvalue weighted by Gasteiger charge is -2.00. The van der Waals surface area contributed by atoms with Crippen molar-refractivity contribution >= 4 is 38.7 Å². The van der Waals surface area contributed by atoms with Crippen molar-refractivity contribution in [3.8, 4) is 10.6 Å². The van der Waals surface area contributed by atoms with E-state index in [1.807, 2.05) is 41.1 Å². The van der Waals surface area contributed by atoms with E-state index in [4.69, 9.17) is 5.73 Å². The molecule has 86 valence electrons. The number of thiophene rings is 1. The number of nitrogens with two attached hydrogens (primary N) is 1. The number of nitrogens with zero attached hydrogens (tertiary/aromatic N) is 2. The molecule has 0 aromatic carbocycles. The van der Waals surface area contributed by atoms with E-state index in [9.17, 15) is 0 Å². The second-order valence-electron chi connectivity index (χ2n) is 3.86. The SMILES string of the molecule is Cc1cc(Br)cn2c(N)c(-c3cccs3)nc12. The predicted molar refractivity (Wildman–Crippen MR) is 75.4 cm³/mol. The van der Waals surface area contributed by atoms with Crippen LogP contribution in [-0.2, 0) is 0 Å². The summed E-state index contributed by atoms with van der Waals surface area (Å²) in [4.78, 5) is 5.72. The molecule has 3 heterocycles. The third-order valence-corrected chi connectivity index (χ3v) is 3.97. The summed E-state index contributed by atoms with van der Waals surface area (Å²) in [7, 11) is 0. The van der Waals surface area contributed by atoms with Crippen molar-refractivity contribution in [1.82, 2.24) is 9.38 Å². The number of rotatable bonds is 1. The van der Waals surface area contributed by atoms with Gasteiger partial charge in [0.2, 0.25) is 0 Å². The Hall–Kier alpha value is -1.33. The smallest absolute Gasteiger partial charge is 0.142 e. The monoisotopic (exact) mass is 307 g/mol. The molecule has 0 spiro atoms. The number of hydrogen-bond acceptors (Lipinski definition) is 3. The van der Waals surface area contributed by atoms with E-state index in [0.717, 1.165) is 26.3 Å². The van der Waals surface area contributed by atoms with Crippen molar-refractivity contribution in [3.05, 3.63) is 39.8 Å². The van der Waals surface area contributed by atoms with E-state index in [-0.39, 0.29) is 0 Å². The maximum atomic E-state index is 6.15. The Balaban J connectivity index is 2.36. The topological polar surface area (TPSA) is 43.3 Å². The van der Waals surface area contributed by atoms with E-state index in [0.29, 0.717) is 5.82 Å². The Morgan fingerprint density at radius 3 is 3.00 bits per heavy atom. The molecule has 5 heteroatoms. The Morgan fingerprint density at radius 1 is 1.47 bits per heavy atom. The number of anilines is 1. The summed E-state index contributed by atoms with van der Waals surface area (Å²) in [5, 5.41) is 2.03. The standard InChI is InChI=1S/C12H10BrN3S/c1-7-5-8(13)6-16-11(14)10(15-12(7)16)9-3-2-4-17-9/h2-6H,14H2,1H3.